The minimum Gasteiger partial charge on any atom is -0.329 e. The molecule has 3 aromatic rings. The highest BCUT2D eigenvalue weighted by Gasteiger charge is 2.27. The topological polar surface area (TPSA) is 81.8 Å². The fraction of sp³-hybridized carbons (Fsp3) is 0.400. The molecule has 28 heavy (non-hydrogen) atoms. The highest BCUT2D eigenvalue weighted by Crippen LogP contribution is 2.23. The molecule has 1 atom stereocenters. The number of hydrogen-bond donors (Lipinski definition) is 1. The van der Waals surface area contributed by atoms with E-state index in [2.05, 4.69) is 39.0 Å². The summed E-state index contributed by atoms with van der Waals surface area (Å²) in [5.74, 6) is 0.538. The number of nitrogens with one attached hydrogen (secondary N) is 1. The Labute approximate surface area is 165 Å². The van der Waals surface area contributed by atoms with E-state index in [1.165, 1.54) is 5.56 Å². The van der Waals surface area contributed by atoms with Crippen LogP contribution in [0.15, 0.2) is 49.1 Å². The maximum atomic E-state index is 11.6. The zero-order chi connectivity index (χ0) is 19.6. The van der Waals surface area contributed by atoms with Crippen molar-refractivity contribution in [3.05, 3.63) is 60.3 Å². The Bertz CT molecular complexity index is 1040. The van der Waals surface area contributed by atoms with Crippen molar-refractivity contribution in [3.8, 4) is 11.3 Å². The van der Waals surface area contributed by atoms with Gasteiger partial charge >= 0.3 is 0 Å². The molecule has 0 saturated carbocycles. The van der Waals surface area contributed by atoms with Crippen molar-refractivity contribution < 1.29 is 8.42 Å². The van der Waals surface area contributed by atoms with E-state index in [1.807, 2.05) is 41.6 Å². The number of hydrogen-bond acceptors (Lipinski definition) is 5. The Morgan fingerprint density at radius 1 is 1.21 bits per heavy atom. The predicted molar refractivity (Wildman–Crippen MR) is 109 cm³/mol. The van der Waals surface area contributed by atoms with Crippen LogP contribution in [0.5, 0.6) is 0 Å². The van der Waals surface area contributed by atoms with Crippen LogP contribution in [0.4, 0.5) is 0 Å². The molecule has 3 heterocycles. The van der Waals surface area contributed by atoms with Gasteiger partial charge in [-0.25, -0.2) is 13.4 Å². The third kappa shape index (κ3) is 4.18. The zero-order valence-electron chi connectivity index (χ0n) is 16.0. The summed E-state index contributed by atoms with van der Waals surface area (Å²) >= 11 is 0. The van der Waals surface area contributed by atoms with Crippen LogP contribution in [-0.2, 0) is 22.9 Å². The molecule has 2 aromatic heterocycles. The summed E-state index contributed by atoms with van der Waals surface area (Å²) in [6.45, 7) is 4.25. The molecule has 1 N–H and O–H groups in total. The molecule has 0 bridgehead atoms. The van der Waals surface area contributed by atoms with Crippen molar-refractivity contribution in [1.29, 1.82) is 0 Å². The molecule has 1 unspecified atom stereocenters. The van der Waals surface area contributed by atoms with Crippen LogP contribution in [0.3, 0.4) is 0 Å². The molecular formula is C20H25N5O2S. The summed E-state index contributed by atoms with van der Waals surface area (Å²) in [5, 5.41) is 7.92. The summed E-state index contributed by atoms with van der Waals surface area (Å²) in [7, 11) is -2.85. The van der Waals surface area contributed by atoms with Gasteiger partial charge in [0.25, 0.3) is 0 Å². The van der Waals surface area contributed by atoms with Gasteiger partial charge in [0, 0.05) is 30.4 Å². The lowest BCUT2D eigenvalue weighted by Gasteiger charge is -2.13. The number of sulfone groups is 1. The van der Waals surface area contributed by atoms with Crippen molar-refractivity contribution in [1.82, 2.24) is 24.6 Å². The van der Waals surface area contributed by atoms with Gasteiger partial charge in [-0.3, -0.25) is 4.68 Å². The van der Waals surface area contributed by atoms with Crippen molar-refractivity contribution in [2.45, 2.75) is 32.5 Å². The number of aromatic nitrogens is 4. The van der Waals surface area contributed by atoms with Crippen LogP contribution in [0, 0.1) is 6.92 Å². The molecule has 7 nitrogen and oxygen atoms in total. The Morgan fingerprint density at radius 2 is 2.04 bits per heavy atom. The smallest absolute Gasteiger partial charge is 0.151 e. The average Bonchev–Trinajstić information content (AvgIpc) is 3.36. The number of benzene rings is 1. The van der Waals surface area contributed by atoms with Crippen molar-refractivity contribution in [2.75, 3.05) is 18.1 Å². The summed E-state index contributed by atoms with van der Waals surface area (Å²) in [4.78, 5) is 4.31. The Morgan fingerprint density at radius 3 is 2.79 bits per heavy atom. The number of rotatable bonds is 7. The Kier molecular flexibility index (Phi) is 5.32. The maximum Gasteiger partial charge on any atom is 0.151 e. The van der Waals surface area contributed by atoms with E-state index >= 15 is 0 Å². The van der Waals surface area contributed by atoms with E-state index in [0.717, 1.165) is 30.0 Å². The first-order valence-electron chi connectivity index (χ1n) is 9.52. The lowest BCUT2D eigenvalue weighted by Crippen LogP contribution is -2.32. The molecular weight excluding hydrogens is 374 g/mol. The van der Waals surface area contributed by atoms with Gasteiger partial charge in [0.05, 0.1) is 42.5 Å². The van der Waals surface area contributed by atoms with Crippen LogP contribution in [0.1, 0.15) is 17.7 Å². The molecule has 1 fully saturated rings. The molecule has 4 rings (SSSR count). The van der Waals surface area contributed by atoms with E-state index in [1.54, 1.807) is 0 Å². The largest absolute Gasteiger partial charge is 0.329 e. The molecule has 0 amide bonds. The second-order valence-corrected chi connectivity index (χ2v) is 9.54. The Hall–Kier alpha value is -2.45. The number of nitrogens with zero attached hydrogens (tertiary/aromatic N) is 4. The van der Waals surface area contributed by atoms with E-state index in [0.29, 0.717) is 18.7 Å². The molecule has 1 aromatic carbocycles. The molecule has 148 valence electrons. The second-order valence-electron chi connectivity index (χ2n) is 7.31. The molecule has 1 aliphatic heterocycles. The lowest BCUT2D eigenvalue weighted by atomic mass is 10.2. The predicted octanol–water partition coefficient (Wildman–Crippen LogP) is 1.88. The van der Waals surface area contributed by atoms with Crippen LogP contribution in [0.2, 0.25) is 0 Å². The third-order valence-corrected chi connectivity index (χ3v) is 7.05. The standard InChI is InChI=1S/C20H25N5O2S/c1-16-19(11-23-25(16)13-17-5-3-2-4-6-17)20-12-21-15-24(20)9-8-22-18-7-10-28(26,27)14-18/h2-6,11-12,15,18,22H,7-10,13-14H2,1H3. The van der Waals surface area contributed by atoms with Gasteiger partial charge < -0.3 is 9.88 Å². The van der Waals surface area contributed by atoms with Gasteiger partial charge in [0.2, 0.25) is 0 Å². The Balaban J connectivity index is 1.42. The highest BCUT2D eigenvalue weighted by atomic mass is 32.2. The minimum atomic E-state index is -2.85. The normalized spacial score (nSPS) is 18.5. The van der Waals surface area contributed by atoms with Gasteiger partial charge in [0.1, 0.15) is 0 Å². The molecule has 1 aliphatic rings. The summed E-state index contributed by atoms with van der Waals surface area (Å²) in [6, 6.07) is 10.3. The van der Waals surface area contributed by atoms with E-state index in [4.69, 9.17) is 0 Å². The summed E-state index contributed by atoms with van der Waals surface area (Å²) in [5.41, 5.74) is 4.40. The van der Waals surface area contributed by atoms with Crippen LogP contribution >= 0.6 is 0 Å². The SMILES string of the molecule is Cc1c(-c2cncn2CCNC2CCS(=O)(=O)C2)cnn1Cc1ccccc1. The molecule has 1 saturated heterocycles. The quantitative estimate of drug-likeness (QED) is 0.656. The number of imidazole rings is 1. The monoisotopic (exact) mass is 399 g/mol. The molecule has 0 radical (unpaired) electrons. The first kappa shape index (κ1) is 18.9. The second kappa shape index (κ2) is 7.89. The molecule has 0 spiro atoms. The van der Waals surface area contributed by atoms with E-state index in [9.17, 15) is 8.42 Å². The van der Waals surface area contributed by atoms with Gasteiger partial charge in [-0.05, 0) is 18.9 Å². The lowest BCUT2D eigenvalue weighted by molar-refractivity contribution is 0.521. The van der Waals surface area contributed by atoms with Gasteiger partial charge in [0.15, 0.2) is 9.84 Å². The molecule has 8 heteroatoms. The van der Waals surface area contributed by atoms with Crippen molar-refractivity contribution >= 4 is 9.84 Å². The summed E-state index contributed by atoms with van der Waals surface area (Å²) in [6.07, 6.45) is 6.26. The van der Waals surface area contributed by atoms with Crippen LogP contribution in [-0.4, -0.2) is 51.8 Å². The fourth-order valence-corrected chi connectivity index (χ4v) is 5.39. The van der Waals surface area contributed by atoms with E-state index < -0.39 is 9.84 Å². The highest BCUT2D eigenvalue weighted by molar-refractivity contribution is 7.91. The van der Waals surface area contributed by atoms with Gasteiger partial charge in [-0.15, -0.1) is 0 Å². The molecule has 0 aliphatic carbocycles. The first-order valence-corrected chi connectivity index (χ1v) is 11.3. The van der Waals surface area contributed by atoms with Crippen molar-refractivity contribution in [2.24, 2.45) is 0 Å². The minimum absolute atomic E-state index is 0.0623. The van der Waals surface area contributed by atoms with Crippen molar-refractivity contribution in [3.63, 3.8) is 0 Å². The average molecular weight is 400 g/mol. The first-order chi connectivity index (χ1) is 13.5. The van der Waals surface area contributed by atoms with Crippen LogP contribution < -0.4 is 5.32 Å². The van der Waals surface area contributed by atoms with E-state index in [-0.39, 0.29) is 11.8 Å². The maximum absolute atomic E-state index is 11.6. The third-order valence-electron chi connectivity index (χ3n) is 5.28. The fourth-order valence-electron chi connectivity index (χ4n) is 3.68. The van der Waals surface area contributed by atoms with Crippen LogP contribution in [0.25, 0.3) is 11.3 Å². The zero-order valence-corrected chi connectivity index (χ0v) is 16.8. The van der Waals surface area contributed by atoms with Gasteiger partial charge in [-0.1, -0.05) is 30.3 Å². The summed E-state index contributed by atoms with van der Waals surface area (Å²) < 4.78 is 27.3. The van der Waals surface area contributed by atoms with Gasteiger partial charge in [-0.2, -0.15) is 5.10 Å².